The van der Waals surface area contributed by atoms with Gasteiger partial charge in [-0.05, 0) is 30.9 Å². The molecule has 1 saturated carbocycles. The van der Waals surface area contributed by atoms with E-state index in [9.17, 15) is 9.90 Å². The Bertz CT molecular complexity index is 518. The average Bonchev–Trinajstić information content (AvgIpc) is 2.42. The number of phenolic OH excluding ortho intramolecular Hbond substituents is 1. The summed E-state index contributed by atoms with van der Waals surface area (Å²) in [5, 5.41) is 15.2. The molecule has 22 heavy (non-hydrogen) atoms. The highest BCUT2D eigenvalue weighted by Crippen LogP contribution is 2.26. The normalized spacial score (nSPS) is 14.6. The van der Waals surface area contributed by atoms with Crippen LogP contribution in [0.4, 0.5) is 0 Å². The van der Waals surface area contributed by atoms with Crippen LogP contribution in [0.25, 0.3) is 0 Å². The van der Waals surface area contributed by atoms with Gasteiger partial charge in [-0.1, -0.05) is 18.6 Å². The van der Waals surface area contributed by atoms with Gasteiger partial charge in [0.05, 0.1) is 5.56 Å². The molecule has 0 heterocycles. The summed E-state index contributed by atoms with van der Waals surface area (Å²) in [7, 11) is 0. The number of benzene rings is 1. The average molecular weight is 418 g/mol. The minimum absolute atomic E-state index is 0. The van der Waals surface area contributed by atoms with Gasteiger partial charge in [-0.15, -0.1) is 24.0 Å². The highest BCUT2D eigenvalue weighted by Gasteiger charge is 2.16. The summed E-state index contributed by atoms with van der Waals surface area (Å²) < 4.78 is 0. The van der Waals surface area contributed by atoms with Gasteiger partial charge in [-0.25, -0.2) is 0 Å². The highest BCUT2D eigenvalue weighted by molar-refractivity contribution is 14.0. The van der Waals surface area contributed by atoms with Crippen LogP contribution in [-0.4, -0.2) is 36.6 Å². The van der Waals surface area contributed by atoms with Crippen LogP contribution in [0, 0.1) is 5.92 Å². The molecule has 0 spiro atoms. The number of nitrogens with two attached hydrogens (primary N) is 1. The summed E-state index contributed by atoms with van der Waals surface area (Å²) in [6.07, 6.45) is 3.78. The van der Waals surface area contributed by atoms with Gasteiger partial charge in [0.1, 0.15) is 5.75 Å². The molecule has 0 aromatic heterocycles. The third-order valence-electron chi connectivity index (χ3n) is 3.61. The highest BCUT2D eigenvalue weighted by atomic mass is 127. The standard InChI is InChI=1S/C15H22N4O2.HI/c16-15(19-10-11-4-3-5-11)18-9-8-17-14(21)12-6-1-2-7-13(12)20;/h1-2,6-7,11,20H,3-5,8-10H2,(H,17,21)(H3,16,18,19);1H. The minimum atomic E-state index is -0.306. The van der Waals surface area contributed by atoms with Gasteiger partial charge in [0.15, 0.2) is 5.96 Å². The predicted octanol–water partition coefficient (Wildman–Crippen LogP) is 1.44. The molecule has 1 aromatic rings. The Morgan fingerprint density at radius 2 is 1.95 bits per heavy atom. The number of nitrogens with one attached hydrogen (secondary N) is 2. The summed E-state index contributed by atoms with van der Waals surface area (Å²) in [5.74, 6) is 0.772. The predicted molar refractivity (Wildman–Crippen MR) is 97.7 cm³/mol. The van der Waals surface area contributed by atoms with Crippen molar-refractivity contribution in [1.29, 1.82) is 0 Å². The molecule has 1 aliphatic rings. The first kappa shape index (κ1) is 18.5. The van der Waals surface area contributed by atoms with E-state index in [1.54, 1.807) is 18.2 Å². The maximum absolute atomic E-state index is 11.8. The second-order valence-corrected chi connectivity index (χ2v) is 5.22. The number of halogens is 1. The van der Waals surface area contributed by atoms with Crippen molar-refractivity contribution in [1.82, 2.24) is 10.6 Å². The number of aromatic hydroxyl groups is 1. The Morgan fingerprint density at radius 1 is 1.27 bits per heavy atom. The van der Waals surface area contributed by atoms with Crippen molar-refractivity contribution in [3.8, 4) is 5.75 Å². The van der Waals surface area contributed by atoms with E-state index in [1.807, 2.05) is 0 Å². The Hall–Kier alpha value is -1.51. The third-order valence-corrected chi connectivity index (χ3v) is 3.61. The van der Waals surface area contributed by atoms with Gasteiger partial charge in [-0.2, -0.15) is 0 Å². The van der Waals surface area contributed by atoms with Crippen LogP contribution in [0.5, 0.6) is 5.75 Å². The summed E-state index contributed by atoms with van der Waals surface area (Å²) in [6, 6.07) is 6.44. The molecule has 1 aliphatic carbocycles. The van der Waals surface area contributed by atoms with Crippen molar-refractivity contribution in [2.45, 2.75) is 19.3 Å². The largest absolute Gasteiger partial charge is 0.507 e. The molecule has 7 heteroatoms. The van der Waals surface area contributed by atoms with Crippen molar-refractivity contribution in [2.75, 3.05) is 19.6 Å². The monoisotopic (exact) mass is 418 g/mol. The number of guanidine groups is 1. The molecule has 2 rings (SSSR count). The first-order chi connectivity index (χ1) is 10.2. The number of amides is 1. The lowest BCUT2D eigenvalue weighted by Crippen LogP contribution is -2.38. The molecule has 122 valence electrons. The van der Waals surface area contributed by atoms with Crippen LogP contribution in [0.1, 0.15) is 29.6 Å². The fourth-order valence-electron chi connectivity index (χ4n) is 2.09. The molecule has 1 amide bonds. The molecular formula is C15H23IN4O2. The van der Waals surface area contributed by atoms with Crippen LogP contribution < -0.4 is 16.4 Å². The number of rotatable bonds is 6. The molecule has 0 unspecified atom stereocenters. The van der Waals surface area contributed by atoms with Gasteiger partial charge in [0.2, 0.25) is 0 Å². The molecule has 0 saturated heterocycles. The molecule has 0 radical (unpaired) electrons. The van der Waals surface area contributed by atoms with E-state index in [2.05, 4.69) is 15.6 Å². The van der Waals surface area contributed by atoms with E-state index < -0.39 is 0 Å². The number of nitrogens with zero attached hydrogens (tertiary/aromatic N) is 1. The van der Waals surface area contributed by atoms with E-state index >= 15 is 0 Å². The molecule has 1 aromatic carbocycles. The summed E-state index contributed by atoms with van der Waals surface area (Å²) >= 11 is 0. The van der Waals surface area contributed by atoms with E-state index in [4.69, 9.17) is 5.73 Å². The van der Waals surface area contributed by atoms with Crippen LogP contribution in [0.2, 0.25) is 0 Å². The van der Waals surface area contributed by atoms with E-state index in [-0.39, 0.29) is 41.2 Å². The summed E-state index contributed by atoms with van der Waals surface area (Å²) in [4.78, 5) is 16.1. The van der Waals surface area contributed by atoms with Crippen molar-refractivity contribution in [2.24, 2.45) is 16.6 Å². The Kier molecular flexibility index (Phi) is 8.00. The SMILES string of the molecule is I.NC(=NCC1CCC1)NCCNC(=O)c1ccccc1O. The van der Waals surface area contributed by atoms with Crippen LogP contribution in [-0.2, 0) is 0 Å². The number of phenols is 1. The van der Waals surface area contributed by atoms with Crippen LogP contribution in [0.3, 0.4) is 0 Å². The molecule has 5 N–H and O–H groups in total. The lowest BCUT2D eigenvalue weighted by atomic mass is 9.86. The Balaban J connectivity index is 0.00000242. The van der Waals surface area contributed by atoms with Gasteiger partial charge >= 0.3 is 0 Å². The third kappa shape index (κ3) is 5.70. The maximum Gasteiger partial charge on any atom is 0.255 e. The number of carbonyl (C=O) groups excluding carboxylic acids is 1. The number of hydrogen-bond donors (Lipinski definition) is 4. The zero-order valence-electron chi connectivity index (χ0n) is 12.4. The number of para-hydroxylation sites is 1. The smallest absolute Gasteiger partial charge is 0.255 e. The zero-order valence-corrected chi connectivity index (χ0v) is 14.7. The Morgan fingerprint density at radius 3 is 2.59 bits per heavy atom. The quantitative estimate of drug-likeness (QED) is 0.243. The Labute approximate surface area is 147 Å². The lowest BCUT2D eigenvalue weighted by molar-refractivity contribution is 0.0951. The fraction of sp³-hybridized carbons (Fsp3) is 0.467. The van der Waals surface area contributed by atoms with Crippen LogP contribution in [0.15, 0.2) is 29.3 Å². The summed E-state index contributed by atoms with van der Waals surface area (Å²) in [5.41, 5.74) is 6.01. The van der Waals surface area contributed by atoms with E-state index in [1.165, 1.54) is 25.3 Å². The number of carbonyl (C=O) groups is 1. The van der Waals surface area contributed by atoms with E-state index in [0.717, 1.165) is 6.54 Å². The molecule has 0 bridgehead atoms. The lowest BCUT2D eigenvalue weighted by Gasteiger charge is -2.23. The van der Waals surface area contributed by atoms with Crippen LogP contribution >= 0.6 is 24.0 Å². The van der Waals surface area contributed by atoms with Crippen molar-refractivity contribution < 1.29 is 9.90 Å². The first-order valence-corrected chi connectivity index (χ1v) is 7.27. The number of aliphatic imine (C=N–C) groups is 1. The second kappa shape index (κ2) is 9.50. The fourth-order valence-corrected chi connectivity index (χ4v) is 2.09. The molecular weight excluding hydrogens is 395 g/mol. The summed E-state index contributed by atoms with van der Waals surface area (Å²) in [6.45, 7) is 1.69. The first-order valence-electron chi connectivity index (χ1n) is 7.27. The van der Waals surface area contributed by atoms with Crippen molar-refractivity contribution >= 4 is 35.8 Å². The maximum atomic E-state index is 11.8. The molecule has 6 nitrogen and oxygen atoms in total. The molecule has 0 aliphatic heterocycles. The van der Waals surface area contributed by atoms with Crippen molar-refractivity contribution in [3.05, 3.63) is 29.8 Å². The number of hydrogen-bond acceptors (Lipinski definition) is 3. The van der Waals surface area contributed by atoms with Crippen molar-refractivity contribution in [3.63, 3.8) is 0 Å². The van der Waals surface area contributed by atoms with E-state index in [0.29, 0.717) is 25.0 Å². The molecule has 0 atom stereocenters. The zero-order chi connectivity index (χ0) is 15.1. The second-order valence-electron chi connectivity index (χ2n) is 5.22. The van der Waals surface area contributed by atoms with Gasteiger partial charge in [0.25, 0.3) is 5.91 Å². The van der Waals surface area contributed by atoms with Gasteiger partial charge < -0.3 is 21.5 Å². The topological polar surface area (TPSA) is 99.7 Å². The van der Waals surface area contributed by atoms with Gasteiger partial charge in [0, 0.05) is 19.6 Å². The minimum Gasteiger partial charge on any atom is -0.507 e. The van der Waals surface area contributed by atoms with Gasteiger partial charge in [-0.3, -0.25) is 9.79 Å². The molecule has 1 fully saturated rings.